The fraction of sp³-hybridized carbons (Fsp3) is 0.515. The summed E-state index contributed by atoms with van der Waals surface area (Å²) >= 11 is 1.42. The Kier molecular flexibility index (Phi) is 8.77. The Morgan fingerprint density at radius 2 is 2.05 bits per heavy atom. The van der Waals surface area contributed by atoms with Gasteiger partial charge in [-0.25, -0.2) is 9.78 Å². The van der Waals surface area contributed by atoms with Gasteiger partial charge in [-0.3, -0.25) is 14.9 Å². The molecule has 6 rings (SSSR count). The van der Waals surface area contributed by atoms with Gasteiger partial charge in [-0.2, -0.15) is 0 Å². The highest BCUT2D eigenvalue weighted by Crippen LogP contribution is 2.45. The van der Waals surface area contributed by atoms with Gasteiger partial charge in [0.05, 0.1) is 29.9 Å². The molecule has 2 aliphatic carbocycles. The average Bonchev–Trinajstić information content (AvgIpc) is 3.32. The molecule has 2 amide bonds. The molecule has 3 heterocycles. The lowest BCUT2D eigenvalue weighted by molar-refractivity contribution is -0.145. The number of nitrogens with one attached hydrogen (secondary N) is 2. The predicted octanol–water partition coefficient (Wildman–Crippen LogP) is 4.19. The van der Waals surface area contributed by atoms with Crippen LogP contribution in [0.1, 0.15) is 51.9 Å². The van der Waals surface area contributed by atoms with Gasteiger partial charge in [0.25, 0.3) is 5.19 Å². The fourth-order valence-electron chi connectivity index (χ4n) is 6.53. The zero-order chi connectivity index (χ0) is 30.8. The lowest BCUT2D eigenvalue weighted by Gasteiger charge is -2.33. The number of hydrogen-bond donors (Lipinski definition) is 3. The number of amides is 2. The van der Waals surface area contributed by atoms with Gasteiger partial charge in [-0.05, 0) is 55.9 Å². The van der Waals surface area contributed by atoms with Crippen molar-refractivity contribution in [3.8, 4) is 5.19 Å². The number of carbonyl (C=O) groups excluding carboxylic acids is 2. The molecule has 2 unspecified atom stereocenters. The Morgan fingerprint density at radius 3 is 2.84 bits per heavy atom. The van der Waals surface area contributed by atoms with Crippen molar-refractivity contribution in [1.29, 1.82) is 0 Å². The molecule has 11 heteroatoms. The smallest absolute Gasteiger partial charge is 0.330 e. The number of allylic oxidation sites excluding steroid dienone is 2. The summed E-state index contributed by atoms with van der Waals surface area (Å²) in [6, 6.07) is 6.22. The van der Waals surface area contributed by atoms with Gasteiger partial charge in [0.1, 0.15) is 23.4 Å². The van der Waals surface area contributed by atoms with Gasteiger partial charge in [0.2, 0.25) is 11.8 Å². The third-order valence-corrected chi connectivity index (χ3v) is 10.2. The topological polar surface area (TPSA) is 130 Å². The minimum absolute atomic E-state index is 0.124. The summed E-state index contributed by atoms with van der Waals surface area (Å²) in [6.45, 7) is 2.29. The zero-order valence-electron chi connectivity index (χ0n) is 25.1. The van der Waals surface area contributed by atoms with Crippen LogP contribution in [0.15, 0.2) is 60.4 Å². The summed E-state index contributed by atoms with van der Waals surface area (Å²) < 4.78 is 12.7. The van der Waals surface area contributed by atoms with Gasteiger partial charge in [-0.15, -0.1) is 0 Å². The molecule has 1 saturated heterocycles. The van der Waals surface area contributed by atoms with Crippen molar-refractivity contribution in [1.82, 2.24) is 20.5 Å². The monoisotopic (exact) mass is 620 g/mol. The molecule has 10 nitrogen and oxygen atoms in total. The van der Waals surface area contributed by atoms with Crippen LogP contribution in [0.4, 0.5) is 0 Å². The quantitative estimate of drug-likeness (QED) is 0.410. The van der Waals surface area contributed by atoms with Crippen molar-refractivity contribution in [2.24, 2.45) is 11.8 Å². The molecule has 1 aromatic heterocycles. The summed E-state index contributed by atoms with van der Waals surface area (Å²) in [7, 11) is 1.63. The Morgan fingerprint density at radius 1 is 1.20 bits per heavy atom. The van der Waals surface area contributed by atoms with Crippen molar-refractivity contribution in [3.63, 3.8) is 0 Å². The van der Waals surface area contributed by atoms with Crippen LogP contribution in [0.3, 0.4) is 0 Å². The van der Waals surface area contributed by atoms with Crippen molar-refractivity contribution < 1.29 is 29.0 Å². The van der Waals surface area contributed by atoms with E-state index in [1.165, 1.54) is 11.3 Å². The van der Waals surface area contributed by atoms with Crippen molar-refractivity contribution in [2.75, 3.05) is 13.7 Å². The highest BCUT2D eigenvalue weighted by atomic mass is 32.1. The number of nitrogens with zero attached hydrogens (tertiary/aromatic N) is 2. The van der Waals surface area contributed by atoms with E-state index in [0.29, 0.717) is 18.0 Å². The number of carboxylic acid groups (broad SMARTS) is 1. The number of methoxy groups -OCH3 is 1. The second-order valence-corrected chi connectivity index (χ2v) is 13.3. The van der Waals surface area contributed by atoms with Crippen LogP contribution in [0, 0.1) is 11.8 Å². The van der Waals surface area contributed by atoms with E-state index in [1.807, 2.05) is 48.6 Å². The SMILES string of the molecule is COC1=CC(N[C@H]2CCCCC/C=C\[C@@H]3C[C@@]3(C(=O)O)NC(=O)[C@@H]3C[C@@H](Oc4nc5ccccc5s4)CN3C2=O)C(C)C=C1. The van der Waals surface area contributed by atoms with Crippen molar-refractivity contribution >= 4 is 39.3 Å². The Labute approximate surface area is 261 Å². The number of para-hydroxylation sites is 1. The first-order chi connectivity index (χ1) is 21.3. The molecule has 0 bridgehead atoms. The molecule has 0 spiro atoms. The van der Waals surface area contributed by atoms with Crippen LogP contribution in [0.2, 0.25) is 0 Å². The molecular formula is C33H40N4O6S. The number of ether oxygens (including phenoxy) is 2. The van der Waals surface area contributed by atoms with E-state index in [9.17, 15) is 19.5 Å². The van der Waals surface area contributed by atoms with Crippen LogP contribution in [-0.2, 0) is 19.1 Å². The van der Waals surface area contributed by atoms with Crippen LogP contribution in [0.25, 0.3) is 10.2 Å². The summed E-state index contributed by atoms with van der Waals surface area (Å²) in [5.74, 6) is -1.10. The van der Waals surface area contributed by atoms with E-state index >= 15 is 0 Å². The van der Waals surface area contributed by atoms with E-state index in [2.05, 4.69) is 28.6 Å². The number of rotatable bonds is 6. The molecule has 2 aliphatic heterocycles. The summed E-state index contributed by atoms with van der Waals surface area (Å²) in [5, 5.41) is 17.0. The van der Waals surface area contributed by atoms with Crippen molar-refractivity contribution in [2.45, 2.75) is 81.6 Å². The van der Waals surface area contributed by atoms with Gasteiger partial charge in [0.15, 0.2) is 0 Å². The molecule has 44 heavy (non-hydrogen) atoms. The van der Waals surface area contributed by atoms with Crippen molar-refractivity contribution in [3.05, 3.63) is 60.4 Å². The van der Waals surface area contributed by atoms with E-state index in [-0.39, 0.29) is 36.8 Å². The molecular weight excluding hydrogens is 580 g/mol. The lowest BCUT2D eigenvalue weighted by atomic mass is 9.94. The molecule has 4 aliphatic rings. The summed E-state index contributed by atoms with van der Waals surface area (Å²) in [6.07, 6.45) is 14.2. The molecule has 2 aromatic rings. The van der Waals surface area contributed by atoms with Gasteiger partial charge < -0.3 is 24.8 Å². The van der Waals surface area contributed by atoms with Gasteiger partial charge in [-0.1, -0.05) is 61.5 Å². The number of aliphatic carboxylic acids is 1. The minimum atomic E-state index is -1.35. The first kappa shape index (κ1) is 30.3. The lowest BCUT2D eigenvalue weighted by Crippen LogP contribution is -2.57. The number of carbonyl (C=O) groups is 3. The van der Waals surface area contributed by atoms with E-state index in [4.69, 9.17) is 9.47 Å². The van der Waals surface area contributed by atoms with E-state index in [1.54, 1.807) is 12.0 Å². The normalized spacial score (nSPS) is 33.3. The maximum absolute atomic E-state index is 14.4. The van der Waals surface area contributed by atoms with Crippen LogP contribution < -0.4 is 15.4 Å². The highest BCUT2D eigenvalue weighted by molar-refractivity contribution is 7.20. The standard InChI is InChI=1S/C33H40N4O6S/c1-20-14-15-22(42-2)16-26(20)34-25-12-7-5-3-4-6-10-21-18-33(21,31(40)41)36-29(38)27-17-23(19-37(27)30(25)39)43-32-35-24-11-8-9-13-28(24)44-32/h6,8-11,13-16,20-21,23,25-27,34H,3-5,7,12,17-19H2,1-2H3,(H,36,38)(H,40,41)/b10-6-/t20?,21-,23-,25+,26?,27+,33-/m1/s1. The van der Waals surface area contributed by atoms with Gasteiger partial charge in [0, 0.05) is 18.4 Å². The third kappa shape index (κ3) is 6.25. The summed E-state index contributed by atoms with van der Waals surface area (Å²) in [5.41, 5.74) is -0.522. The van der Waals surface area contributed by atoms with Crippen LogP contribution in [0.5, 0.6) is 5.19 Å². The Hall–Kier alpha value is -3.70. The first-order valence-electron chi connectivity index (χ1n) is 15.5. The second kappa shape index (κ2) is 12.7. The Balaban J connectivity index is 1.28. The second-order valence-electron chi connectivity index (χ2n) is 12.3. The zero-order valence-corrected chi connectivity index (χ0v) is 25.9. The predicted molar refractivity (Wildman–Crippen MR) is 167 cm³/mol. The van der Waals surface area contributed by atoms with Gasteiger partial charge >= 0.3 is 5.97 Å². The Bertz CT molecular complexity index is 1470. The minimum Gasteiger partial charge on any atom is -0.497 e. The molecule has 3 N–H and O–H groups in total. The summed E-state index contributed by atoms with van der Waals surface area (Å²) in [4.78, 5) is 46.8. The maximum atomic E-state index is 14.4. The number of fused-ring (bicyclic) bond motifs is 3. The number of hydrogen-bond acceptors (Lipinski definition) is 8. The first-order valence-corrected chi connectivity index (χ1v) is 16.3. The number of benzene rings is 1. The van der Waals surface area contributed by atoms with E-state index in [0.717, 1.165) is 41.7 Å². The number of thiazole rings is 1. The molecule has 1 saturated carbocycles. The molecule has 234 valence electrons. The largest absolute Gasteiger partial charge is 0.497 e. The molecule has 2 fully saturated rings. The maximum Gasteiger partial charge on any atom is 0.330 e. The fourth-order valence-corrected chi connectivity index (χ4v) is 7.41. The number of carboxylic acids is 1. The molecule has 0 radical (unpaired) electrons. The average molecular weight is 621 g/mol. The third-order valence-electron chi connectivity index (χ3n) is 9.27. The van der Waals surface area contributed by atoms with Crippen LogP contribution >= 0.6 is 11.3 Å². The van der Waals surface area contributed by atoms with Crippen LogP contribution in [-0.4, -0.2) is 76.2 Å². The molecule has 7 atom stereocenters. The highest BCUT2D eigenvalue weighted by Gasteiger charge is 2.61. The van der Waals surface area contributed by atoms with E-state index < -0.39 is 35.6 Å². The number of aromatic nitrogens is 1. The molecule has 1 aromatic carbocycles.